The molecule has 2 rings (SSSR count). The summed E-state index contributed by atoms with van der Waals surface area (Å²) in [7, 11) is 0. The van der Waals surface area contributed by atoms with Gasteiger partial charge in [0.2, 0.25) is 0 Å². The molecule has 0 radical (unpaired) electrons. The van der Waals surface area contributed by atoms with Gasteiger partial charge in [0, 0.05) is 6.20 Å². The van der Waals surface area contributed by atoms with Gasteiger partial charge in [0.1, 0.15) is 10.8 Å². The van der Waals surface area contributed by atoms with Crippen LogP contribution in [0.2, 0.25) is 0 Å². The maximum Gasteiger partial charge on any atom is 0.357 e. The third-order valence-electron chi connectivity index (χ3n) is 1.95. The molecule has 1 atom stereocenters. The molecule has 2 N–H and O–H groups in total. The minimum Gasteiger partial charge on any atom is -0.476 e. The number of aromatic carboxylic acids is 1. The van der Waals surface area contributed by atoms with Crippen molar-refractivity contribution in [2.24, 2.45) is 0 Å². The first-order chi connectivity index (χ1) is 8.61. The molecule has 0 aliphatic carbocycles. The predicted octanol–water partition coefficient (Wildman–Crippen LogP) is 1.51. The Labute approximate surface area is 108 Å². The fraction of sp³-hybridized carbons (Fsp3) is 0. The summed E-state index contributed by atoms with van der Waals surface area (Å²) in [5, 5.41) is 9.01. The van der Waals surface area contributed by atoms with Gasteiger partial charge >= 0.3 is 5.97 Å². The van der Waals surface area contributed by atoms with Crippen LogP contribution in [0.3, 0.4) is 0 Å². The van der Waals surface area contributed by atoms with E-state index in [1.165, 1.54) is 17.8 Å². The van der Waals surface area contributed by atoms with Crippen molar-refractivity contribution in [3.05, 3.63) is 35.6 Å². The van der Waals surface area contributed by atoms with Gasteiger partial charge in [-0.05, 0) is 12.1 Å². The number of hydrogen-bond donors (Lipinski definition) is 2. The number of nitrogens with zero attached hydrogens (tertiary/aromatic N) is 3. The molecule has 0 saturated carbocycles. The molecule has 7 nitrogen and oxygen atoms in total. The van der Waals surface area contributed by atoms with Crippen LogP contribution in [0.25, 0.3) is 0 Å². The molecule has 0 fully saturated rings. The van der Waals surface area contributed by atoms with Gasteiger partial charge in [-0.15, -0.1) is 11.3 Å². The molecule has 0 saturated heterocycles. The van der Waals surface area contributed by atoms with Crippen LogP contribution in [0.15, 0.2) is 29.9 Å². The number of rotatable bonds is 4. The number of anilines is 2. The average molecular weight is 285 g/mol. The van der Waals surface area contributed by atoms with E-state index < -0.39 is 17.2 Å². The van der Waals surface area contributed by atoms with E-state index in [-0.39, 0.29) is 16.5 Å². The van der Waals surface area contributed by atoms with E-state index in [0.29, 0.717) is 0 Å². The Morgan fingerprint density at radius 1 is 1.39 bits per heavy atom. The van der Waals surface area contributed by atoms with Gasteiger partial charge in [-0.1, -0.05) is 6.07 Å². The highest BCUT2D eigenvalue weighted by atomic mass is 32.2. The zero-order valence-corrected chi connectivity index (χ0v) is 10.4. The molecule has 0 spiro atoms. The molecular formula is C9H7N3O4S2. The molecule has 9 heteroatoms. The van der Waals surface area contributed by atoms with Crippen LogP contribution in [0.5, 0.6) is 0 Å². The van der Waals surface area contributed by atoms with Crippen molar-refractivity contribution in [2.75, 3.05) is 4.31 Å². The van der Waals surface area contributed by atoms with Crippen LogP contribution >= 0.6 is 11.3 Å². The third-order valence-corrected chi connectivity index (χ3v) is 3.56. The monoisotopic (exact) mass is 285 g/mol. The fourth-order valence-electron chi connectivity index (χ4n) is 1.26. The van der Waals surface area contributed by atoms with Crippen LogP contribution in [0, 0.1) is 0 Å². The summed E-state index contributed by atoms with van der Waals surface area (Å²) in [6.45, 7) is 0. The molecule has 0 aromatic carbocycles. The van der Waals surface area contributed by atoms with E-state index in [4.69, 9.17) is 5.11 Å². The summed E-state index contributed by atoms with van der Waals surface area (Å²) in [5.41, 5.74) is 1.01. The first kappa shape index (κ1) is 12.6. The van der Waals surface area contributed by atoms with Gasteiger partial charge in [-0.25, -0.2) is 23.3 Å². The lowest BCUT2D eigenvalue weighted by molar-refractivity contribution is 0.0692. The number of hydrogen-bond acceptors (Lipinski definition) is 5. The van der Waals surface area contributed by atoms with Crippen LogP contribution in [0.4, 0.5) is 10.8 Å². The Morgan fingerprint density at radius 3 is 2.72 bits per heavy atom. The summed E-state index contributed by atoms with van der Waals surface area (Å²) in [4.78, 5) is 18.5. The molecule has 2 aromatic rings. The molecule has 0 aliphatic heterocycles. The van der Waals surface area contributed by atoms with Gasteiger partial charge in [0.05, 0.1) is 5.51 Å². The van der Waals surface area contributed by atoms with Crippen molar-refractivity contribution >= 4 is 39.4 Å². The summed E-state index contributed by atoms with van der Waals surface area (Å²) < 4.78 is 21.5. The topological polar surface area (TPSA) is 104 Å². The Balaban J connectivity index is 2.52. The van der Waals surface area contributed by atoms with E-state index in [2.05, 4.69) is 9.97 Å². The van der Waals surface area contributed by atoms with Crippen molar-refractivity contribution in [1.82, 2.24) is 9.97 Å². The Kier molecular flexibility index (Phi) is 3.65. The third kappa shape index (κ3) is 2.37. The van der Waals surface area contributed by atoms with Crippen LogP contribution in [-0.4, -0.2) is 29.8 Å². The maximum atomic E-state index is 11.4. The molecule has 2 aromatic heterocycles. The number of carbonyl (C=O) groups is 1. The Morgan fingerprint density at radius 2 is 2.17 bits per heavy atom. The second-order valence-electron chi connectivity index (χ2n) is 3.02. The Bertz CT molecular complexity index is 587. The lowest BCUT2D eigenvalue weighted by Gasteiger charge is -2.16. The lowest BCUT2D eigenvalue weighted by Crippen LogP contribution is -2.21. The van der Waals surface area contributed by atoms with E-state index in [1.54, 1.807) is 12.1 Å². The second kappa shape index (κ2) is 5.21. The van der Waals surface area contributed by atoms with E-state index in [0.717, 1.165) is 15.6 Å². The van der Waals surface area contributed by atoms with Gasteiger partial charge in [0.25, 0.3) is 11.3 Å². The first-order valence-corrected chi connectivity index (χ1v) is 6.54. The van der Waals surface area contributed by atoms with E-state index >= 15 is 0 Å². The predicted molar refractivity (Wildman–Crippen MR) is 66.2 cm³/mol. The van der Waals surface area contributed by atoms with Gasteiger partial charge in [-0.2, -0.15) is 0 Å². The van der Waals surface area contributed by atoms with Crippen molar-refractivity contribution in [3.63, 3.8) is 0 Å². The van der Waals surface area contributed by atoms with Crippen molar-refractivity contribution in [1.29, 1.82) is 0 Å². The number of thiazole rings is 1. The zero-order chi connectivity index (χ0) is 13.1. The van der Waals surface area contributed by atoms with Crippen LogP contribution < -0.4 is 4.31 Å². The van der Waals surface area contributed by atoms with Gasteiger partial charge in [0.15, 0.2) is 5.69 Å². The molecule has 0 amide bonds. The van der Waals surface area contributed by atoms with Crippen molar-refractivity contribution in [3.8, 4) is 0 Å². The maximum absolute atomic E-state index is 11.4. The quantitative estimate of drug-likeness (QED) is 0.825. The van der Waals surface area contributed by atoms with Crippen molar-refractivity contribution in [2.45, 2.75) is 0 Å². The second-order valence-corrected chi connectivity index (χ2v) is 4.68. The minimum atomic E-state index is -2.43. The van der Waals surface area contributed by atoms with E-state index in [9.17, 15) is 13.6 Å². The highest BCUT2D eigenvalue weighted by molar-refractivity contribution is 7.81. The van der Waals surface area contributed by atoms with Gasteiger partial charge < -0.3 is 5.11 Å². The molecule has 94 valence electrons. The summed E-state index contributed by atoms with van der Waals surface area (Å²) >= 11 is -1.48. The first-order valence-electron chi connectivity index (χ1n) is 4.60. The summed E-state index contributed by atoms with van der Waals surface area (Å²) in [6.07, 6.45) is 1.44. The van der Waals surface area contributed by atoms with Crippen LogP contribution in [0.1, 0.15) is 10.5 Å². The highest BCUT2D eigenvalue weighted by Gasteiger charge is 2.25. The average Bonchev–Trinajstić information content (AvgIpc) is 2.79. The normalized spacial score (nSPS) is 12.1. The number of carboxylic acid groups (broad SMARTS) is 1. The molecule has 2 heterocycles. The molecular weight excluding hydrogens is 278 g/mol. The minimum absolute atomic E-state index is 0.0574. The summed E-state index contributed by atoms with van der Waals surface area (Å²) in [6, 6.07) is 4.77. The summed E-state index contributed by atoms with van der Waals surface area (Å²) in [5.74, 6) is -1.09. The van der Waals surface area contributed by atoms with Crippen LogP contribution in [-0.2, 0) is 11.3 Å². The molecule has 0 bridgehead atoms. The molecule has 1 unspecified atom stereocenters. The Hall–Kier alpha value is -1.84. The fourth-order valence-corrected chi connectivity index (χ4v) is 2.78. The lowest BCUT2D eigenvalue weighted by atomic mass is 10.4. The smallest absolute Gasteiger partial charge is 0.357 e. The van der Waals surface area contributed by atoms with Gasteiger partial charge in [-0.3, -0.25) is 4.55 Å². The highest BCUT2D eigenvalue weighted by Crippen LogP contribution is 2.31. The number of aromatic nitrogens is 2. The SMILES string of the molecule is O=C(O)c1ncsc1N(c1ccccn1)S(=O)O. The van der Waals surface area contributed by atoms with Crippen molar-refractivity contribution < 1.29 is 18.7 Å². The standard InChI is InChI=1S/C9H7N3O4S2/c13-9(14)7-8(17-5-11-7)12(18(15)16)6-3-1-2-4-10-6/h1-5H,(H,13,14)(H,15,16). The molecule has 0 aliphatic rings. The zero-order valence-electron chi connectivity index (χ0n) is 8.76. The number of pyridine rings is 1. The van der Waals surface area contributed by atoms with E-state index in [1.807, 2.05) is 0 Å². The number of carboxylic acids is 1. The largest absolute Gasteiger partial charge is 0.476 e. The molecule has 18 heavy (non-hydrogen) atoms.